The number of anilines is 2. The van der Waals surface area contributed by atoms with E-state index in [9.17, 15) is 8.42 Å². The van der Waals surface area contributed by atoms with Crippen LogP contribution in [0.3, 0.4) is 0 Å². The van der Waals surface area contributed by atoms with Crippen LogP contribution in [0.5, 0.6) is 5.75 Å². The van der Waals surface area contributed by atoms with Gasteiger partial charge in [0.25, 0.3) is 10.0 Å². The van der Waals surface area contributed by atoms with E-state index in [0.717, 1.165) is 0 Å². The second kappa shape index (κ2) is 5.65. The minimum Gasteiger partial charge on any atom is -0.495 e. The smallest absolute Gasteiger partial charge is 0.280 e. The van der Waals surface area contributed by atoms with Crippen molar-refractivity contribution in [3.05, 3.63) is 30.2 Å². The number of hydrogen-bond donors (Lipinski definition) is 2. The normalized spacial score (nSPS) is 11.4. The van der Waals surface area contributed by atoms with Crippen LogP contribution in [0.2, 0.25) is 0 Å². The highest BCUT2D eigenvalue weighted by molar-refractivity contribution is 7.92. The lowest BCUT2D eigenvalue weighted by molar-refractivity contribution is 0.417. The van der Waals surface area contributed by atoms with Crippen LogP contribution >= 0.6 is 0 Å². The molecule has 2 rings (SSSR count). The van der Waals surface area contributed by atoms with Gasteiger partial charge in [-0.05, 0) is 32.0 Å². The van der Waals surface area contributed by atoms with Crippen molar-refractivity contribution in [1.29, 1.82) is 0 Å². The van der Waals surface area contributed by atoms with E-state index in [1.807, 2.05) is 6.92 Å². The van der Waals surface area contributed by atoms with Gasteiger partial charge < -0.3 is 15.0 Å². The first-order chi connectivity index (χ1) is 9.87. The number of nitrogens with two attached hydrogens (primary N) is 1. The Balaban J connectivity index is 2.30. The molecule has 3 N–H and O–H groups in total. The highest BCUT2D eigenvalue weighted by Gasteiger charge is 2.19. The number of imidazole rings is 1. The summed E-state index contributed by atoms with van der Waals surface area (Å²) in [6.45, 7) is 4.33. The van der Waals surface area contributed by atoms with E-state index in [1.54, 1.807) is 23.6 Å². The van der Waals surface area contributed by atoms with Crippen LogP contribution in [0.15, 0.2) is 29.4 Å². The summed E-state index contributed by atoms with van der Waals surface area (Å²) in [5.74, 6) is 1.14. The van der Waals surface area contributed by atoms with Gasteiger partial charge in [-0.25, -0.2) is 4.98 Å². The number of methoxy groups -OCH3 is 1. The van der Waals surface area contributed by atoms with Gasteiger partial charge in [0.05, 0.1) is 18.5 Å². The largest absolute Gasteiger partial charge is 0.495 e. The molecule has 1 aromatic heterocycles. The molecule has 0 amide bonds. The molecule has 1 aromatic carbocycles. The van der Waals surface area contributed by atoms with Crippen molar-refractivity contribution in [3.8, 4) is 5.75 Å². The highest BCUT2D eigenvalue weighted by atomic mass is 32.2. The summed E-state index contributed by atoms with van der Waals surface area (Å²) in [7, 11) is -2.24. The summed E-state index contributed by atoms with van der Waals surface area (Å²) in [4.78, 5) is 4.06. The van der Waals surface area contributed by atoms with Crippen LogP contribution in [0.1, 0.15) is 12.7 Å². The maximum absolute atomic E-state index is 12.3. The number of rotatable bonds is 5. The average molecular weight is 310 g/mol. The summed E-state index contributed by atoms with van der Waals surface area (Å²) in [5, 5.41) is -0.0174. The number of sulfonamides is 1. The van der Waals surface area contributed by atoms with E-state index in [0.29, 0.717) is 29.5 Å². The first kappa shape index (κ1) is 15.2. The Kier molecular flexibility index (Phi) is 4.08. The first-order valence-corrected chi connectivity index (χ1v) is 7.85. The fourth-order valence-electron chi connectivity index (χ4n) is 1.93. The predicted molar refractivity (Wildman–Crippen MR) is 80.9 cm³/mol. The molecule has 0 aliphatic heterocycles. The van der Waals surface area contributed by atoms with E-state index in [4.69, 9.17) is 10.5 Å². The van der Waals surface area contributed by atoms with Crippen molar-refractivity contribution in [3.63, 3.8) is 0 Å². The lowest BCUT2D eigenvalue weighted by atomic mass is 10.2. The Labute approximate surface area is 123 Å². The van der Waals surface area contributed by atoms with Gasteiger partial charge in [-0.15, -0.1) is 0 Å². The Bertz CT molecular complexity index is 753. The third-order valence-corrected chi connectivity index (χ3v) is 4.30. The maximum Gasteiger partial charge on any atom is 0.280 e. The second-order valence-corrected chi connectivity index (χ2v) is 6.10. The molecular weight excluding hydrogens is 292 g/mol. The Hall–Kier alpha value is -2.22. The van der Waals surface area contributed by atoms with Gasteiger partial charge in [0.1, 0.15) is 11.6 Å². The van der Waals surface area contributed by atoms with Crippen molar-refractivity contribution in [2.75, 3.05) is 17.6 Å². The number of nitrogen functional groups attached to an aromatic ring is 1. The molecule has 1 heterocycles. The zero-order valence-corrected chi connectivity index (χ0v) is 12.9. The zero-order valence-electron chi connectivity index (χ0n) is 12.1. The Morgan fingerprint density at radius 1 is 1.43 bits per heavy atom. The number of nitrogens with zero attached hydrogens (tertiary/aromatic N) is 2. The highest BCUT2D eigenvalue weighted by Crippen LogP contribution is 2.26. The van der Waals surface area contributed by atoms with E-state index >= 15 is 0 Å². The summed E-state index contributed by atoms with van der Waals surface area (Å²) < 4.78 is 33.8. The van der Waals surface area contributed by atoms with Gasteiger partial charge in [0.2, 0.25) is 0 Å². The van der Waals surface area contributed by atoms with Gasteiger partial charge in [0.15, 0.2) is 5.03 Å². The maximum atomic E-state index is 12.3. The summed E-state index contributed by atoms with van der Waals surface area (Å²) in [6.07, 6.45) is 1.50. The second-order valence-electron chi connectivity index (χ2n) is 4.47. The lowest BCUT2D eigenvalue weighted by Gasteiger charge is -2.09. The summed E-state index contributed by atoms with van der Waals surface area (Å²) >= 11 is 0. The summed E-state index contributed by atoms with van der Waals surface area (Å²) in [5.41, 5.74) is 6.47. The molecule has 0 spiro atoms. The molecule has 0 saturated carbocycles. The number of aryl methyl sites for hydroxylation is 2. The van der Waals surface area contributed by atoms with Gasteiger partial charge in [-0.2, -0.15) is 8.42 Å². The molecular formula is C13H18N4O3S. The number of hydrogen-bond acceptors (Lipinski definition) is 5. The molecule has 0 atom stereocenters. The van der Waals surface area contributed by atoms with Crippen molar-refractivity contribution in [2.45, 2.75) is 25.4 Å². The predicted octanol–water partition coefficient (Wildman–Crippen LogP) is 1.60. The fraction of sp³-hybridized carbons (Fsp3) is 0.308. The molecule has 0 aliphatic carbocycles. The molecule has 0 bridgehead atoms. The standard InChI is InChI=1S/C13H18N4O3S/c1-4-17-8-13(15-9(17)2)21(18,19)16-10-5-6-12(20-3)11(14)7-10/h5-8,16H,4,14H2,1-3H3. The van der Waals surface area contributed by atoms with Crippen molar-refractivity contribution in [1.82, 2.24) is 9.55 Å². The van der Waals surface area contributed by atoms with Gasteiger partial charge in [-0.1, -0.05) is 0 Å². The fourth-order valence-corrected chi connectivity index (χ4v) is 2.99. The summed E-state index contributed by atoms with van der Waals surface area (Å²) in [6, 6.07) is 4.68. The molecule has 8 heteroatoms. The Morgan fingerprint density at radius 2 is 2.14 bits per heavy atom. The van der Waals surface area contributed by atoms with E-state index in [-0.39, 0.29) is 5.03 Å². The SMILES string of the molecule is CCn1cc(S(=O)(=O)Nc2ccc(OC)c(N)c2)nc1C. The topological polar surface area (TPSA) is 99.2 Å². The lowest BCUT2D eigenvalue weighted by Crippen LogP contribution is -2.13. The molecule has 2 aromatic rings. The van der Waals surface area contributed by atoms with E-state index in [2.05, 4.69) is 9.71 Å². The molecule has 0 radical (unpaired) electrons. The number of benzene rings is 1. The molecule has 7 nitrogen and oxygen atoms in total. The quantitative estimate of drug-likeness (QED) is 0.817. The molecule has 21 heavy (non-hydrogen) atoms. The molecule has 0 aliphatic rings. The molecule has 114 valence electrons. The molecule has 0 fully saturated rings. The average Bonchev–Trinajstić information content (AvgIpc) is 2.80. The zero-order chi connectivity index (χ0) is 15.6. The molecule has 0 saturated heterocycles. The van der Waals surface area contributed by atoms with E-state index < -0.39 is 10.0 Å². The van der Waals surface area contributed by atoms with Gasteiger partial charge in [-0.3, -0.25) is 4.72 Å². The minimum atomic E-state index is -3.74. The van der Waals surface area contributed by atoms with Crippen LogP contribution in [-0.4, -0.2) is 25.1 Å². The van der Waals surface area contributed by atoms with Gasteiger partial charge in [0, 0.05) is 12.7 Å². The third kappa shape index (κ3) is 3.10. The molecule has 0 unspecified atom stereocenters. The van der Waals surface area contributed by atoms with E-state index in [1.165, 1.54) is 19.4 Å². The van der Waals surface area contributed by atoms with Crippen LogP contribution in [0.4, 0.5) is 11.4 Å². The third-order valence-electron chi connectivity index (χ3n) is 3.05. The number of aromatic nitrogens is 2. The Morgan fingerprint density at radius 3 is 2.67 bits per heavy atom. The first-order valence-electron chi connectivity index (χ1n) is 6.37. The van der Waals surface area contributed by atoms with Crippen LogP contribution < -0.4 is 15.2 Å². The number of nitrogens with one attached hydrogen (secondary N) is 1. The number of ether oxygens (including phenoxy) is 1. The van der Waals surface area contributed by atoms with Crippen LogP contribution in [0.25, 0.3) is 0 Å². The minimum absolute atomic E-state index is 0.0174. The van der Waals surface area contributed by atoms with Gasteiger partial charge >= 0.3 is 0 Å². The monoisotopic (exact) mass is 310 g/mol. The van der Waals surface area contributed by atoms with Crippen LogP contribution in [0, 0.1) is 6.92 Å². The van der Waals surface area contributed by atoms with Crippen molar-refractivity contribution >= 4 is 21.4 Å². The van der Waals surface area contributed by atoms with Crippen LogP contribution in [-0.2, 0) is 16.6 Å². The van der Waals surface area contributed by atoms with Crippen molar-refractivity contribution < 1.29 is 13.2 Å². The van der Waals surface area contributed by atoms with Crippen molar-refractivity contribution in [2.24, 2.45) is 0 Å².